The molecule has 0 radical (unpaired) electrons. The standard InChI is InChI=1S/C24H25FN6O2/c1-14-18-8-9-21(32)31(13-16-5-3-6-17(25)11-16)23(18)28-22(27-14)20-7-4-10-30(20)24(33)19-12-26-29-15(19)2/h3,5-6,11-12,20H,4,7-10,13H2,1-2H3,(H,26,29)/t20-/m1/s1. The summed E-state index contributed by atoms with van der Waals surface area (Å²) in [7, 11) is 0. The van der Waals surface area contributed by atoms with Crippen molar-refractivity contribution in [1.82, 2.24) is 25.1 Å². The van der Waals surface area contributed by atoms with Crippen LogP contribution in [0.1, 0.15) is 64.0 Å². The molecule has 2 aliphatic rings. The van der Waals surface area contributed by atoms with Crippen LogP contribution in [0.15, 0.2) is 30.5 Å². The summed E-state index contributed by atoms with van der Waals surface area (Å²) in [4.78, 5) is 39.0. The van der Waals surface area contributed by atoms with Gasteiger partial charge in [-0.05, 0) is 50.8 Å². The lowest BCUT2D eigenvalue weighted by atomic mass is 10.0. The first-order chi connectivity index (χ1) is 15.9. The Balaban J connectivity index is 1.51. The van der Waals surface area contributed by atoms with Crippen molar-refractivity contribution in [2.45, 2.75) is 52.1 Å². The van der Waals surface area contributed by atoms with Gasteiger partial charge in [0, 0.05) is 29.9 Å². The molecule has 2 aromatic heterocycles. The van der Waals surface area contributed by atoms with E-state index in [1.165, 1.54) is 12.1 Å². The van der Waals surface area contributed by atoms with Crippen LogP contribution in [-0.2, 0) is 17.8 Å². The zero-order chi connectivity index (χ0) is 23.1. The van der Waals surface area contributed by atoms with E-state index >= 15 is 0 Å². The fraction of sp³-hybridized carbons (Fsp3) is 0.375. The molecule has 8 nitrogen and oxygen atoms in total. The fourth-order valence-electron chi connectivity index (χ4n) is 4.73. The number of halogens is 1. The molecule has 0 aliphatic carbocycles. The number of nitrogens with one attached hydrogen (secondary N) is 1. The number of fused-ring (bicyclic) bond motifs is 1. The normalized spacial score (nSPS) is 18.0. The molecule has 0 unspecified atom stereocenters. The highest BCUT2D eigenvalue weighted by atomic mass is 19.1. The average Bonchev–Trinajstić information content (AvgIpc) is 3.44. The Labute approximate surface area is 190 Å². The van der Waals surface area contributed by atoms with Crippen LogP contribution in [0.3, 0.4) is 0 Å². The number of carbonyl (C=O) groups excluding carboxylic acids is 2. The molecule has 0 spiro atoms. The molecule has 3 aromatic rings. The van der Waals surface area contributed by atoms with Gasteiger partial charge in [0.05, 0.1) is 24.3 Å². The van der Waals surface area contributed by atoms with Crippen LogP contribution < -0.4 is 4.90 Å². The SMILES string of the molecule is Cc1nc([C@H]2CCCN2C(=O)c2cn[nH]c2C)nc2c1CCC(=O)N2Cc1cccc(F)c1. The van der Waals surface area contributed by atoms with Crippen LogP contribution in [0, 0.1) is 19.7 Å². The number of nitrogens with zero attached hydrogens (tertiary/aromatic N) is 5. The smallest absolute Gasteiger partial charge is 0.257 e. The van der Waals surface area contributed by atoms with Crippen LogP contribution in [0.5, 0.6) is 0 Å². The Kier molecular flexibility index (Phi) is 5.39. The van der Waals surface area contributed by atoms with Crippen molar-refractivity contribution in [2.24, 2.45) is 0 Å². The zero-order valence-electron chi connectivity index (χ0n) is 18.6. The van der Waals surface area contributed by atoms with E-state index in [9.17, 15) is 14.0 Å². The molecule has 1 aromatic carbocycles. The van der Waals surface area contributed by atoms with E-state index in [1.54, 1.807) is 28.1 Å². The first kappa shape index (κ1) is 21.2. The van der Waals surface area contributed by atoms with Crippen molar-refractivity contribution in [3.05, 3.63) is 70.2 Å². The lowest BCUT2D eigenvalue weighted by Crippen LogP contribution is -2.37. The van der Waals surface area contributed by atoms with Crippen LogP contribution in [0.4, 0.5) is 10.2 Å². The molecule has 9 heteroatoms. The van der Waals surface area contributed by atoms with Gasteiger partial charge in [-0.1, -0.05) is 12.1 Å². The molecule has 1 N–H and O–H groups in total. The van der Waals surface area contributed by atoms with Gasteiger partial charge in [-0.3, -0.25) is 19.6 Å². The van der Waals surface area contributed by atoms with E-state index < -0.39 is 0 Å². The molecule has 170 valence electrons. The lowest BCUT2D eigenvalue weighted by molar-refractivity contribution is -0.119. The summed E-state index contributed by atoms with van der Waals surface area (Å²) in [6.07, 6.45) is 4.07. The minimum Gasteiger partial charge on any atom is -0.328 e. The molecule has 1 atom stereocenters. The Morgan fingerprint density at radius 3 is 2.85 bits per heavy atom. The maximum atomic E-state index is 13.7. The summed E-state index contributed by atoms with van der Waals surface area (Å²) in [6, 6.07) is 5.97. The molecule has 1 fully saturated rings. The number of rotatable bonds is 4. The van der Waals surface area contributed by atoms with E-state index in [0.29, 0.717) is 42.2 Å². The van der Waals surface area contributed by atoms with Gasteiger partial charge in [-0.2, -0.15) is 5.10 Å². The number of carbonyl (C=O) groups is 2. The van der Waals surface area contributed by atoms with Gasteiger partial charge in [0.2, 0.25) is 5.91 Å². The van der Waals surface area contributed by atoms with Crippen molar-refractivity contribution in [2.75, 3.05) is 11.4 Å². The average molecular weight is 449 g/mol. The highest BCUT2D eigenvalue weighted by Crippen LogP contribution is 2.36. The summed E-state index contributed by atoms with van der Waals surface area (Å²) >= 11 is 0. The minimum absolute atomic E-state index is 0.0517. The molecule has 1 saturated heterocycles. The predicted molar refractivity (Wildman–Crippen MR) is 119 cm³/mol. The van der Waals surface area contributed by atoms with Crippen molar-refractivity contribution in [1.29, 1.82) is 0 Å². The first-order valence-electron chi connectivity index (χ1n) is 11.2. The summed E-state index contributed by atoms with van der Waals surface area (Å²) in [5.74, 6) is 0.611. The van der Waals surface area contributed by atoms with Gasteiger partial charge in [0.1, 0.15) is 11.6 Å². The predicted octanol–water partition coefficient (Wildman–Crippen LogP) is 3.41. The molecule has 0 bridgehead atoms. The highest BCUT2D eigenvalue weighted by Gasteiger charge is 2.36. The van der Waals surface area contributed by atoms with Crippen LogP contribution in [-0.4, -0.2) is 43.4 Å². The molecule has 5 rings (SSSR count). The monoisotopic (exact) mass is 448 g/mol. The Bertz CT molecular complexity index is 1240. The fourth-order valence-corrected chi connectivity index (χ4v) is 4.73. The van der Waals surface area contributed by atoms with Crippen molar-refractivity contribution in [3.8, 4) is 0 Å². The van der Waals surface area contributed by atoms with Gasteiger partial charge in [0.15, 0.2) is 5.82 Å². The summed E-state index contributed by atoms with van der Waals surface area (Å²) in [5, 5.41) is 6.79. The largest absolute Gasteiger partial charge is 0.328 e. The summed E-state index contributed by atoms with van der Waals surface area (Å²) < 4.78 is 13.7. The van der Waals surface area contributed by atoms with Crippen LogP contribution in [0.2, 0.25) is 0 Å². The molecular weight excluding hydrogens is 423 g/mol. The van der Waals surface area contributed by atoms with Gasteiger partial charge in [-0.25, -0.2) is 14.4 Å². The number of aromatic nitrogens is 4. The molecule has 4 heterocycles. The van der Waals surface area contributed by atoms with Gasteiger partial charge in [0.25, 0.3) is 5.91 Å². The number of hydrogen-bond donors (Lipinski definition) is 1. The van der Waals surface area contributed by atoms with Gasteiger partial charge < -0.3 is 4.90 Å². The second-order valence-corrected chi connectivity index (χ2v) is 8.64. The number of likely N-dealkylation sites (tertiary alicyclic amines) is 1. The second-order valence-electron chi connectivity index (χ2n) is 8.64. The Morgan fingerprint density at radius 1 is 1.24 bits per heavy atom. The molecule has 0 saturated carbocycles. The van der Waals surface area contributed by atoms with E-state index in [1.807, 2.05) is 13.8 Å². The first-order valence-corrected chi connectivity index (χ1v) is 11.2. The molecule has 2 amide bonds. The van der Waals surface area contributed by atoms with E-state index in [2.05, 4.69) is 10.2 Å². The number of amides is 2. The summed E-state index contributed by atoms with van der Waals surface area (Å²) in [5.41, 5.74) is 3.70. The Morgan fingerprint density at radius 2 is 2.09 bits per heavy atom. The summed E-state index contributed by atoms with van der Waals surface area (Å²) in [6.45, 7) is 4.59. The maximum Gasteiger partial charge on any atom is 0.257 e. The van der Waals surface area contributed by atoms with Crippen molar-refractivity contribution < 1.29 is 14.0 Å². The third kappa shape index (κ3) is 3.88. The topological polar surface area (TPSA) is 95.1 Å². The van der Waals surface area contributed by atoms with E-state index in [-0.39, 0.29) is 30.2 Å². The number of benzene rings is 1. The van der Waals surface area contributed by atoms with Crippen molar-refractivity contribution in [3.63, 3.8) is 0 Å². The third-order valence-electron chi connectivity index (χ3n) is 6.46. The van der Waals surface area contributed by atoms with Crippen molar-refractivity contribution >= 4 is 17.6 Å². The van der Waals surface area contributed by atoms with Crippen LogP contribution >= 0.6 is 0 Å². The second kappa shape index (κ2) is 8.38. The highest BCUT2D eigenvalue weighted by molar-refractivity contribution is 5.96. The minimum atomic E-state index is -0.341. The lowest BCUT2D eigenvalue weighted by Gasteiger charge is -2.31. The van der Waals surface area contributed by atoms with Gasteiger partial charge in [-0.15, -0.1) is 0 Å². The quantitative estimate of drug-likeness (QED) is 0.660. The van der Waals surface area contributed by atoms with Gasteiger partial charge >= 0.3 is 0 Å². The van der Waals surface area contributed by atoms with Crippen LogP contribution in [0.25, 0.3) is 0 Å². The number of H-pyrrole nitrogens is 1. The maximum absolute atomic E-state index is 13.7. The van der Waals surface area contributed by atoms with E-state index in [4.69, 9.17) is 9.97 Å². The molecule has 33 heavy (non-hydrogen) atoms. The number of hydrogen-bond acceptors (Lipinski definition) is 5. The number of anilines is 1. The zero-order valence-corrected chi connectivity index (χ0v) is 18.6. The Hall–Kier alpha value is -3.62. The number of aryl methyl sites for hydroxylation is 2. The molecule has 2 aliphatic heterocycles. The third-order valence-corrected chi connectivity index (χ3v) is 6.46. The molecular formula is C24H25FN6O2. The number of aromatic amines is 1. The van der Waals surface area contributed by atoms with E-state index in [0.717, 1.165) is 29.8 Å².